The average molecular weight is 293 g/mol. The van der Waals surface area contributed by atoms with E-state index >= 15 is 0 Å². The third-order valence-electron chi connectivity index (χ3n) is 3.28. The summed E-state index contributed by atoms with van der Waals surface area (Å²) in [4.78, 5) is 24.1. The van der Waals surface area contributed by atoms with Crippen LogP contribution in [0.5, 0.6) is 5.75 Å². The highest BCUT2D eigenvalue weighted by atomic mass is 16.5. The molecule has 1 aliphatic rings. The zero-order chi connectivity index (χ0) is 15.1. The minimum Gasteiger partial charge on any atom is -0.484 e. The van der Waals surface area contributed by atoms with Crippen molar-refractivity contribution in [2.24, 2.45) is 0 Å². The Balaban J connectivity index is 1.77. The molecule has 1 fully saturated rings. The van der Waals surface area contributed by atoms with Crippen LogP contribution in [0.2, 0.25) is 0 Å². The summed E-state index contributed by atoms with van der Waals surface area (Å²) in [5.41, 5.74) is 0.934. The number of benzene rings is 1. The van der Waals surface area contributed by atoms with Gasteiger partial charge in [-0.15, -0.1) is 0 Å². The van der Waals surface area contributed by atoms with Gasteiger partial charge < -0.3 is 19.5 Å². The van der Waals surface area contributed by atoms with Crippen molar-refractivity contribution in [2.45, 2.75) is 12.8 Å². The number of rotatable bonds is 6. The van der Waals surface area contributed by atoms with E-state index in [0.717, 1.165) is 5.56 Å². The molecule has 0 aliphatic carbocycles. The highest BCUT2D eigenvalue weighted by molar-refractivity contribution is 5.77. The molecule has 1 N–H and O–H groups in total. The van der Waals surface area contributed by atoms with Crippen LogP contribution in [0, 0.1) is 0 Å². The Labute approximate surface area is 123 Å². The summed E-state index contributed by atoms with van der Waals surface area (Å²) < 4.78 is 10.6. The van der Waals surface area contributed by atoms with Gasteiger partial charge in [0.05, 0.1) is 13.2 Å². The standard InChI is InChI=1S/C15H19NO5/c17-14(16-7-9-20-10-8-16)11-21-13-4-1-12(2-5-13)3-6-15(18)19/h1-2,4-5H,3,6-11H2,(H,18,19). The molecule has 0 radical (unpaired) electrons. The Morgan fingerprint density at radius 1 is 1.19 bits per heavy atom. The lowest BCUT2D eigenvalue weighted by Gasteiger charge is -2.26. The summed E-state index contributed by atoms with van der Waals surface area (Å²) in [5, 5.41) is 8.62. The van der Waals surface area contributed by atoms with Gasteiger partial charge in [0, 0.05) is 19.5 Å². The molecule has 0 spiro atoms. The van der Waals surface area contributed by atoms with Crippen LogP contribution >= 0.6 is 0 Å². The zero-order valence-electron chi connectivity index (χ0n) is 11.8. The van der Waals surface area contributed by atoms with Crippen LogP contribution < -0.4 is 4.74 Å². The fraction of sp³-hybridized carbons (Fsp3) is 0.467. The molecule has 1 heterocycles. The SMILES string of the molecule is O=C(O)CCc1ccc(OCC(=O)N2CCOCC2)cc1. The number of aryl methyl sites for hydroxylation is 1. The van der Waals surface area contributed by atoms with Crippen molar-refractivity contribution < 1.29 is 24.2 Å². The zero-order valence-corrected chi connectivity index (χ0v) is 11.8. The summed E-state index contributed by atoms with van der Waals surface area (Å²) in [6.45, 7) is 2.37. The number of nitrogens with zero attached hydrogens (tertiary/aromatic N) is 1. The summed E-state index contributed by atoms with van der Waals surface area (Å²) in [5.74, 6) is -0.254. The molecule has 114 valence electrons. The van der Waals surface area contributed by atoms with E-state index in [9.17, 15) is 9.59 Å². The minimum absolute atomic E-state index is 0.00841. The molecule has 1 amide bonds. The number of carbonyl (C=O) groups is 2. The lowest BCUT2D eigenvalue weighted by atomic mass is 10.1. The number of carboxylic acid groups (broad SMARTS) is 1. The fourth-order valence-corrected chi connectivity index (χ4v) is 2.05. The second kappa shape index (κ2) is 7.64. The van der Waals surface area contributed by atoms with Crippen molar-refractivity contribution in [1.82, 2.24) is 4.90 Å². The first-order valence-electron chi connectivity index (χ1n) is 6.94. The van der Waals surface area contributed by atoms with Crippen LogP contribution in [0.25, 0.3) is 0 Å². The number of carboxylic acids is 1. The number of aliphatic carboxylic acids is 1. The van der Waals surface area contributed by atoms with E-state index in [4.69, 9.17) is 14.6 Å². The van der Waals surface area contributed by atoms with Crippen LogP contribution in [0.4, 0.5) is 0 Å². The molecule has 1 aromatic carbocycles. The number of ether oxygens (including phenoxy) is 2. The second-order valence-corrected chi connectivity index (χ2v) is 4.82. The Hall–Kier alpha value is -2.08. The normalized spacial score (nSPS) is 14.8. The van der Waals surface area contributed by atoms with Gasteiger partial charge in [-0.2, -0.15) is 0 Å². The summed E-state index contributed by atoms with van der Waals surface area (Å²) >= 11 is 0. The number of hydrogen-bond donors (Lipinski definition) is 1. The number of morpholine rings is 1. The van der Waals surface area contributed by atoms with E-state index in [-0.39, 0.29) is 18.9 Å². The molecule has 0 unspecified atom stereocenters. The largest absolute Gasteiger partial charge is 0.484 e. The lowest BCUT2D eigenvalue weighted by molar-refractivity contribution is -0.138. The first-order valence-corrected chi connectivity index (χ1v) is 6.94. The maximum atomic E-state index is 11.9. The smallest absolute Gasteiger partial charge is 0.303 e. The van der Waals surface area contributed by atoms with Gasteiger partial charge in [0.2, 0.25) is 0 Å². The van der Waals surface area contributed by atoms with Gasteiger partial charge in [0.1, 0.15) is 5.75 Å². The molecule has 0 aromatic heterocycles. The van der Waals surface area contributed by atoms with Crippen LogP contribution in [-0.2, 0) is 20.7 Å². The predicted octanol–water partition coefficient (Wildman–Crippen LogP) is 0.941. The van der Waals surface area contributed by atoms with Crippen molar-refractivity contribution in [2.75, 3.05) is 32.9 Å². The molecule has 0 bridgehead atoms. The minimum atomic E-state index is -0.813. The second-order valence-electron chi connectivity index (χ2n) is 4.82. The number of amides is 1. The van der Waals surface area contributed by atoms with Crippen molar-refractivity contribution in [3.63, 3.8) is 0 Å². The van der Waals surface area contributed by atoms with Gasteiger partial charge in [-0.3, -0.25) is 9.59 Å². The highest BCUT2D eigenvalue weighted by Crippen LogP contribution is 2.13. The average Bonchev–Trinajstić information content (AvgIpc) is 2.52. The third-order valence-corrected chi connectivity index (χ3v) is 3.28. The Morgan fingerprint density at radius 2 is 1.86 bits per heavy atom. The first kappa shape index (κ1) is 15.3. The monoisotopic (exact) mass is 293 g/mol. The summed E-state index contributed by atoms with van der Waals surface area (Å²) in [6, 6.07) is 7.14. The quantitative estimate of drug-likeness (QED) is 0.845. The van der Waals surface area contributed by atoms with E-state index in [1.165, 1.54) is 0 Å². The number of carbonyl (C=O) groups excluding carboxylic acids is 1. The molecule has 0 atom stereocenters. The molecule has 0 saturated carbocycles. The Morgan fingerprint density at radius 3 is 2.48 bits per heavy atom. The van der Waals surface area contributed by atoms with Crippen molar-refractivity contribution in [3.05, 3.63) is 29.8 Å². The maximum Gasteiger partial charge on any atom is 0.303 e. The van der Waals surface area contributed by atoms with Gasteiger partial charge in [0.25, 0.3) is 5.91 Å². The first-order chi connectivity index (χ1) is 10.1. The van der Waals surface area contributed by atoms with E-state index in [1.807, 2.05) is 12.1 Å². The maximum absolute atomic E-state index is 11.9. The molecule has 21 heavy (non-hydrogen) atoms. The van der Waals surface area contributed by atoms with E-state index in [0.29, 0.717) is 38.5 Å². The van der Waals surface area contributed by atoms with Gasteiger partial charge in [-0.1, -0.05) is 12.1 Å². The Bertz CT molecular complexity index is 479. The molecule has 6 nitrogen and oxygen atoms in total. The van der Waals surface area contributed by atoms with Crippen LogP contribution in [-0.4, -0.2) is 54.8 Å². The molecular weight excluding hydrogens is 274 g/mol. The fourth-order valence-electron chi connectivity index (χ4n) is 2.05. The van der Waals surface area contributed by atoms with Gasteiger partial charge in [-0.05, 0) is 24.1 Å². The van der Waals surface area contributed by atoms with E-state index in [2.05, 4.69) is 0 Å². The van der Waals surface area contributed by atoms with E-state index < -0.39 is 5.97 Å². The van der Waals surface area contributed by atoms with Crippen LogP contribution in [0.3, 0.4) is 0 Å². The van der Waals surface area contributed by atoms with Crippen LogP contribution in [0.1, 0.15) is 12.0 Å². The topological polar surface area (TPSA) is 76.1 Å². The third kappa shape index (κ3) is 5.07. The van der Waals surface area contributed by atoms with Crippen molar-refractivity contribution >= 4 is 11.9 Å². The van der Waals surface area contributed by atoms with Gasteiger partial charge >= 0.3 is 5.97 Å². The Kier molecular flexibility index (Phi) is 5.57. The molecule has 6 heteroatoms. The van der Waals surface area contributed by atoms with Crippen molar-refractivity contribution in [1.29, 1.82) is 0 Å². The molecular formula is C15H19NO5. The van der Waals surface area contributed by atoms with Gasteiger partial charge in [0.15, 0.2) is 6.61 Å². The van der Waals surface area contributed by atoms with Gasteiger partial charge in [-0.25, -0.2) is 0 Å². The van der Waals surface area contributed by atoms with E-state index in [1.54, 1.807) is 17.0 Å². The summed E-state index contributed by atoms with van der Waals surface area (Å²) in [7, 11) is 0. The molecule has 1 saturated heterocycles. The molecule has 1 aromatic rings. The summed E-state index contributed by atoms with van der Waals surface area (Å²) in [6.07, 6.45) is 0.595. The lowest BCUT2D eigenvalue weighted by Crippen LogP contribution is -2.42. The van der Waals surface area contributed by atoms with Crippen LogP contribution in [0.15, 0.2) is 24.3 Å². The molecule has 2 rings (SSSR count). The molecule has 1 aliphatic heterocycles. The number of hydrogen-bond acceptors (Lipinski definition) is 4. The highest BCUT2D eigenvalue weighted by Gasteiger charge is 2.16. The van der Waals surface area contributed by atoms with Crippen molar-refractivity contribution in [3.8, 4) is 5.75 Å². The predicted molar refractivity (Wildman–Crippen MR) is 75.3 cm³/mol.